The largest absolute Gasteiger partial charge is 0.480 e. The Bertz CT molecular complexity index is 250. The molecule has 2 N–H and O–H groups in total. The van der Waals surface area contributed by atoms with E-state index in [0.717, 1.165) is 12.8 Å². The van der Waals surface area contributed by atoms with Gasteiger partial charge in [-0.2, -0.15) is 13.2 Å². The van der Waals surface area contributed by atoms with Crippen molar-refractivity contribution in [3.63, 3.8) is 0 Å². The van der Waals surface area contributed by atoms with Crippen LogP contribution in [0.3, 0.4) is 0 Å². The second-order valence-corrected chi connectivity index (χ2v) is 4.09. The van der Waals surface area contributed by atoms with Crippen LogP contribution in [0, 0.1) is 5.92 Å². The van der Waals surface area contributed by atoms with Crippen molar-refractivity contribution in [2.75, 3.05) is 6.54 Å². The van der Waals surface area contributed by atoms with Gasteiger partial charge in [0.2, 0.25) is 5.54 Å². The van der Waals surface area contributed by atoms with E-state index >= 15 is 0 Å². The van der Waals surface area contributed by atoms with Crippen LogP contribution < -0.4 is 5.32 Å². The Balaban J connectivity index is 2.51. The zero-order valence-corrected chi connectivity index (χ0v) is 8.40. The zero-order valence-electron chi connectivity index (χ0n) is 8.40. The van der Waals surface area contributed by atoms with Crippen LogP contribution in [0.15, 0.2) is 0 Å². The van der Waals surface area contributed by atoms with Crippen molar-refractivity contribution in [3.8, 4) is 0 Å². The normalized spacial score (nSPS) is 21.1. The Hall–Kier alpha value is -0.780. The molecule has 1 aliphatic rings. The van der Waals surface area contributed by atoms with Crippen molar-refractivity contribution in [1.29, 1.82) is 0 Å². The van der Waals surface area contributed by atoms with Crippen LogP contribution in [0.25, 0.3) is 0 Å². The van der Waals surface area contributed by atoms with Crippen LogP contribution in [0.1, 0.15) is 26.2 Å². The minimum atomic E-state index is -4.78. The number of nitrogens with one attached hydrogen (secondary N) is 1. The molecule has 1 fully saturated rings. The van der Waals surface area contributed by atoms with Crippen molar-refractivity contribution in [2.45, 2.75) is 37.9 Å². The van der Waals surface area contributed by atoms with Gasteiger partial charge in [0.05, 0.1) is 0 Å². The summed E-state index contributed by atoms with van der Waals surface area (Å²) in [5.74, 6) is -1.41. The summed E-state index contributed by atoms with van der Waals surface area (Å²) in [7, 11) is 0. The molecular formula is C9H14F3NO2. The minimum Gasteiger partial charge on any atom is -0.480 e. The van der Waals surface area contributed by atoms with Gasteiger partial charge in [0.1, 0.15) is 0 Å². The number of hydrogen-bond acceptors (Lipinski definition) is 2. The number of alkyl halides is 3. The molecule has 0 aromatic heterocycles. The molecule has 0 amide bonds. The maximum Gasteiger partial charge on any atom is 0.417 e. The highest BCUT2D eigenvalue weighted by Crippen LogP contribution is 2.33. The first-order chi connectivity index (χ1) is 6.77. The lowest BCUT2D eigenvalue weighted by atomic mass is 10.0. The van der Waals surface area contributed by atoms with Gasteiger partial charge in [-0.15, -0.1) is 0 Å². The van der Waals surface area contributed by atoms with Crippen LogP contribution in [0.5, 0.6) is 0 Å². The second-order valence-electron chi connectivity index (χ2n) is 4.09. The Kier molecular flexibility index (Phi) is 3.28. The van der Waals surface area contributed by atoms with Gasteiger partial charge in [-0.1, -0.05) is 12.8 Å². The molecule has 0 heterocycles. The number of rotatable bonds is 5. The summed E-state index contributed by atoms with van der Waals surface area (Å²) in [6.45, 7) is 0.745. The summed E-state index contributed by atoms with van der Waals surface area (Å²) in [5.41, 5.74) is -2.83. The molecular weight excluding hydrogens is 211 g/mol. The minimum absolute atomic E-state index is 0.0903. The van der Waals surface area contributed by atoms with Gasteiger partial charge in [0, 0.05) is 0 Å². The number of carbonyl (C=O) groups is 1. The van der Waals surface area contributed by atoms with Crippen molar-refractivity contribution < 1.29 is 23.1 Å². The average molecular weight is 225 g/mol. The molecule has 0 saturated heterocycles. The van der Waals surface area contributed by atoms with Gasteiger partial charge < -0.3 is 5.11 Å². The third-order valence-electron chi connectivity index (χ3n) is 2.72. The van der Waals surface area contributed by atoms with Crippen LogP contribution >= 0.6 is 0 Å². The van der Waals surface area contributed by atoms with Gasteiger partial charge in [-0.3, -0.25) is 5.32 Å². The first kappa shape index (κ1) is 12.3. The van der Waals surface area contributed by atoms with E-state index in [1.807, 2.05) is 0 Å². The molecule has 0 aliphatic heterocycles. The molecule has 6 heteroatoms. The molecule has 3 nitrogen and oxygen atoms in total. The number of carboxylic acid groups (broad SMARTS) is 1. The maximum absolute atomic E-state index is 12.5. The van der Waals surface area contributed by atoms with Crippen molar-refractivity contribution in [2.24, 2.45) is 5.92 Å². The first-order valence-electron chi connectivity index (χ1n) is 4.82. The summed E-state index contributed by atoms with van der Waals surface area (Å²) in [4.78, 5) is 10.6. The summed E-state index contributed by atoms with van der Waals surface area (Å²) >= 11 is 0. The third-order valence-corrected chi connectivity index (χ3v) is 2.72. The summed E-state index contributed by atoms with van der Waals surface area (Å²) in [6.07, 6.45) is -2.09. The number of aliphatic carboxylic acids is 1. The molecule has 1 atom stereocenters. The van der Waals surface area contributed by atoms with Crippen LogP contribution in [0.2, 0.25) is 0 Å². The number of hydrogen-bond donors (Lipinski definition) is 2. The molecule has 0 aromatic carbocycles. The molecule has 1 rings (SSSR count). The standard InChI is InChI=1S/C9H14F3NO2/c1-8(7(14)15,9(10,11)12)13-5-4-6-2-3-6/h6,13H,2-5H2,1H3,(H,14,15). The third kappa shape index (κ3) is 2.84. The second kappa shape index (κ2) is 4.00. The number of halogens is 3. The predicted octanol–water partition coefficient (Wildman–Crippen LogP) is 1.78. The molecule has 88 valence electrons. The summed E-state index contributed by atoms with van der Waals surface area (Å²) in [5, 5.41) is 10.6. The summed E-state index contributed by atoms with van der Waals surface area (Å²) < 4.78 is 37.4. The predicted molar refractivity (Wildman–Crippen MR) is 47.4 cm³/mol. The molecule has 0 spiro atoms. The fourth-order valence-corrected chi connectivity index (χ4v) is 1.23. The molecule has 0 bridgehead atoms. The quantitative estimate of drug-likeness (QED) is 0.749. The van der Waals surface area contributed by atoms with Gasteiger partial charge >= 0.3 is 12.1 Å². The Morgan fingerprint density at radius 1 is 1.47 bits per heavy atom. The van der Waals surface area contributed by atoms with E-state index in [0.29, 0.717) is 19.3 Å². The molecule has 0 aromatic rings. The SMILES string of the molecule is CC(NCCC1CC1)(C(=O)O)C(F)(F)F. The van der Waals surface area contributed by atoms with Gasteiger partial charge in [-0.05, 0) is 25.8 Å². The first-order valence-corrected chi connectivity index (χ1v) is 4.82. The van der Waals surface area contributed by atoms with Gasteiger partial charge in [0.15, 0.2) is 0 Å². The topological polar surface area (TPSA) is 49.3 Å². The van der Waals surface area contributed by atoms with Crippen molar-refractivity contribution in [1.82, 2.24) is 5.32 Å². The summed E-state index contributed by atoms with van der Waals surface area (Å²) in [6, 6.07) is 0. The van der Waals surface area contributed by atoms with E-state index in [1.54, 1.807) is 0 Å². The molecule has 15 heavy (non-hydrogen) atoms. The van der Waals surface area contributed by atoms with E-state index in [-0.39, 0.29) is 6.54 Å². The fourth-order valence-electron chi connectivity index (χ4n) is 1.23. The Morgan fingerprint density at radius 2 is 2.00 bits per heavy atom. The fraction of sp³-hybridized carbons (Fsp3) is 0.889. The molecule has 1 aliphatic carbocycles. The molecule has 1 saturated carbocycles. The van der Waals surface area contributed by atoms with E-state index < -0.39 is 17.7 Å². The highest BCUT2D eigenvalue weighted by Gasteiger charge is 2.57. The lowest BCUT2D eigenvalue weighted by Crippen LogP contribution is -2.60. The van der Waals surface area contributed by atoms with E-state index in [9.17, 15) is 18.0 Å². The van der Waals surface area contributed by atoms with Gasteiger partial charge in [-0.25, -0.2) is 4.79 Å². The van der Waals surface area contributed by atoms with E-state index in [2.05, 4.69) is 5.32 Å². The van der Waals surface area contributed by atoms with Crippen molar-refractivity contribution in [3.05, 3.63) is 0 Å². The van der Waals surface area contributed by atoms with E-state index in [4.69, 9.17) is 5.11 Å². The average Bonchev–Trinajstić information content (AvgIpc) is 2.85. The van der Waals surface area contributed by atoms with Gasteiger partial charge in [0.25, 0.3) is 0 Å². The van der Waals surface area contributed by atoms with Crippen LogP contribution in [0.4, 0.5) is 13.2 Å². The lowest BCUT2D eigenvalue weighted by Gasteiger charge is -2.28. The number of carboxylic acids is 1. The molecule has 0 radical (unpaired) electrons. The van der Waals surface area contributed by atoms with Crippen molar-refractivity contribution >= 4 is 5.97 Å². The maximum atomic E-state index is 12.5. The molecule has 1 unspecified atom stereocenters. The highest BCUT2D eigenvalue weighted by atomic mass is 19.4. The highest BCUT2D eigenvalue weighted by molar-refractivity contribution is 5.79. The Labute approximate surface area is 85.7 Å². The monoisotopic (exact) mass is 225 g/mol. The zero-order chi connectivity index (χ0) is 11.7. The van der Waals surface area contributed by atoms with Crippen LogP contribution in [-0.2, 0) is 4.79 Å². The Morgan fingerprint density at radius 3 is 2.33 bits per heavy atom. The van der Waals surface area contributed by atoms with E-state index in [1.165, 1.54) is 0 Å². The smallest absolute Gasteiger partial charge is 0.417 e. The van der Waals surface area contributed by atoms with Crippen LogP contribution in [-0.4, -0.2) is 29.3 Å². The lowest BCUT2D eigenvalue weighted by molar-refractivity contribution is -0.205.